The van der Waals surface area contributed by atoms with Crippen molar-refractivity contribution in [2.45, 2.75) is 16.5 Å². The molecule has 0 spiro atoms. The molecule has 8 heteroatoms. The van der Waals surface area contributed by atoms with E-state index in [2.05, 4.69) is 25.5 Å². The maximum Gasteiger partial charge on any atom is 0.208 e. The van der Waals surface area contributed by atoms with Crippen molar-refractivity contribution in [3.8, 4) is 0 Å². The van der Waals surface area contributed by atoms with Gasteiger partial charge in [-0.1, -0.05) is 29.2 Å². The predicted octanol–water partition coefficient (Wildman–Crippen LogP) is 3.34. The molecular weight excluding hydrogens is 334 g/mol. The molecule has 0 saturated heterocycles. The number of rotatable bonds is 6. The van der Waals surface area contributed by atoms with Crippen LogP contribution in [0, 0.1) is 0 Å². The first-order chi connectivity index (χ1) is 10.7. The molecule has 3 heterocycles. The van der Waals surface area contributed by atoms with E-state index >= 15 is 0 Å². The molecule has 0 aliphatic rings. The van der Waals surface area contributed by atoms with Gasteiger partial charge in [0.15, 0.2) is 4.34 Å². The van der Waals surface area contributed by atoms with Gasteiger partial charge in [0.25, 0.3) is 0 Å². The highest BCUT2D eigenvalue weighted by atomic mass is 32.2. The summed E-state index contributed by atoms with van der Waals surface area (Å²) in [5, 5.41) is 12.5. The van der Waals surface area contributed by atoms with Crippen LogP contribution in [0.4, 0.5) is 5.13 Å². The molecule has 0 aliphatic heterocycles. The van der Waals surface area contributed by atoms with Crippen molar-refractivity contribution < 1.29 is 0 Å². The molecule has 5 nitrogen and oxygen atoms in total. The summed E-state index contributed by atoms with van der Waals surface area (Å²) < 4.78 is 0.975. The van der Waals surface area contributed by atoms with Crippen molar-refractivity contribution in [3.05, 3.63) is 46.2 Å². The van der Waals surface area contributed by atoms with E-state index in [1.165, 1.54) is 0 Å². The smallest absolute Gasteiger partial charge is 0.208 e. The third-order valence-corrected chi connectivity index (χ3v) is 5.94. The van der Waals surface area contributed by atoms with Crippen LogP contribution in [0.15, 0.2) is 34.1 Å². The average molecular weight is 350 g/mol. The van der Waals surface area contributed by atoms with E-state index in [-0.39, 0.29) is 0 Å². The first kappa shape index (κ1) is 15.4. The molecule has 0 saturated carbocycles. The highest BCUT2D eigenvalue weighted by Crippen LogP contribution is 2.29. The van der Waals surface area contributed by atoms with Crippen LogP contribution in [-0.4, -0.2) is 34.3 Å². The number of anilines is 1. The zero-order chi connectivity index (χ0) is 15.4. The number of hydrogen-bond donors (Lipinski definition) is 0. The van der Waals surface area contributed by atoms with E-state index in [0.717, 1.165) is 38.0 Å². The average Bonchev–Trinajstić information content (AvgIpc) is 3.15. The van der Waals surface area contributed by atoms with Crippen LogP contribution in [0.1, 0.15) is 16.4 Å². The number of thiazole rings is 1. The van der Waals surface area contributed by atoms with E-state index in [1.807, 2.05) is 43.4 Å². The van der Waals surface area contributed by atoms with Gasteiger partial charge in [-0.15, -0.1) is 21.5 Å². The largest absolute Gasteiger partial charge is 0.353 e. The first-order valence-corrected chi connectivity index (χ1v) is 9.35. The number of thioether (sulfide) groups is 1. The number of hydrogen-bond acceptors (Lipinski definition) is 8. The van der Waals surface area contributed by atoms with E-state index < -0.39 is 0 Å². The topological polar surface area (TPSA) is 54.8 Å². The lowest BCUT2D eigenvalue weighted by molar-refractivity contribution is 0.971. The van der Waals surface area contributed by atoms with Gasteiger partial charge in [-0.2, -0.15) is 0 Å². The van der Waals surface area contributed by atoms with Gasteiger partial charge in [0.1, 0.15) is 0 Å². The zero-order valence-electron chi connectivity index (χ0n) is 12.3. The quantitative estimate of drug-likeness (QED) is 0.636. The summed E-state index contributed by atoms with van der Waals surface area (Å²) in [6.07, 6.45) is 2.61. The van der Waals surface area contributed by atoms with Crippen molar-refractivity contribution >= 4 is 39.6 Å². The third kappa shape index (κ3) is 4.02. The van der Waals surface area contributed by atoms with Gasteiger partial charge in [0.05, 0.1) is 10.7 Å². The molecule has 0 bridgehead atoms. The van der Waals surface area contributed by atoms with E-state index in [1.54, 1.807) is 34.4 Å². The summed E-state index contributed by atoms with van der Waals surface area (Å²) >= 11 is 4.96. The van der Waals surface area contributed by atoms with Crippen LogP contribution in [0.25, 0.3) is 0 Å². The van der Waals surface area contributed by atoms with Gasteiger partial charge >= 0.3 is 0 Å². The summed E-state index contributed by atoms with van der Waals surface area (Å²) in [5.74, 6) is 0.820. The predicted molar refractivity (Wildman–Crippen MR) is 93.0 cm³/mol. The molecule has 114 valence electrons. The molecule has 0 amide bonds. The van der Waals surface area contributed by atoms with Crippen LogP contribution in [0.2, 0.25) is 0 Å². The first-order valence-electron chi connectivity index (χ1n) is 6.67. The van der Waals surface area contributed by atoms with Crippen LogP contribution in [-0.2, 0) is 12.2 Å². The Kier molecular flexibility index (Phi) is 5.01. The molecule has 0 fully saturated rings. The Morgan fingerprint density at radius 3 is 2.82 bits per heavy atom. The Balaban J connectivity index is 1.57. The van der Waals surface area contributed by atoms with Gasteiger partial charge in [0, 0.05) is 43.5 Å². The van der Waals surface area contributed by atoms with Gasteiger partial charge in [-0.05, 0) is 12.1 Å². The highest BCUT2D eigenvalue weighted by Gasteiger charge is 2.09. The van der Waals surface area contributed by atoms with Crippen molar-refractivity contribution in [2.75, 3.05) is 19.0 Å². The van der Waals surface area contributed by atoms with E-state index in [0.29, 0.717) is 0 Å². The maximum absolute atomic E-state index is 4.67. The fraction of sp³-hybridized carbons (Fsp3) is 0.286. The van der Waals surface area contributed by atoms with E-state index in [9.17, 15) is 0 Å². The Morgan fingerprint density at radius 1 is 1.18 bits per heavy atom. The zero-order valence-corrected chi connectivity index (χ0v) is 14.7. The second-order valence-corrected chi connectivity index (χ2v) is 7.89. The molecule has 0 aromatic carbocycles. The van der Waals surface area contributed by atoms with E-state index in [4.69, 9.17) is 0 Å². The molecule has 3 rings (SSSR count). The molecule has 22 heavy (non-hydrogen) atoms. The summed E-state index contributed by atoms with van der Waals surface area (Å²) in [6.45, 7) is 0. The fourth-order valence-electron chi connectivity index (χ4n) is 1.73. The molecule has 0 N–H and O–H groups in total. The van der Waals surface area contributed by atoms with Gasteiger partial charge < -0.3 is 4.90 Å². The second-order valence-electron chi connectivity index (χ2n) is 4.76. The minimum Gasteiger partial charge on any atom is -0.353 e. The Labute approximate surface area is 141 Å². The summed E-state index contributed by atoms with van der Waals surface area (Å²) in [4.78, 5) is 11.0. The third-order valence-electron chi connectivity index (χ3n) is 2.78. The van der Waals surface area contributed by atoms with Gasteiger partial charge in [-0.3, -0.25) is 4.98 Å². The maximum atomic E-state index is 4.67. The van der Waals surface area contributed by atoms with Crippen LogP contribution in [0.5, 0.6) is 0 Å². The lowest BCUT2D eigenvalue weighted by Crippen LogP contribution is -2.07. The Hall–Kier alpha value is -1.51. The van der Waals surface area contributed by atoms with Crippen LogP contribution < -0.4 is 4.90 Å². The molecule has 3 aromatic rings. The van der Waals surface area contributed by atoms with Crippen molar-refractivity contribution in [1.29, 1.82) is 0 Å². The summed E-state index contributed by atoms with van der Waals surface area (Å²) in [6, 6.07) is 5.96. The second kappa shape index (κ2) is 7.17. The number of pyridine rings is 1. The number of aromatic nitrogens is 4. The molecule has 0 atom stereocenters. The highest BCUT2D eigenvalue weighted by molar-refractivity contribution is 8.00. The van der Waals surface area contributed by atoms with Crippen LogP contribution in [0.3, 0.4) is 0 Å². The van der Waals surface area contributed by atoms with Crippen molar-refractivity contribution in [3.63, 3.8) is 0 Å². The lowest BCUT2D eigenvalue weighted by atomic mass is 10.3. The normalized spacial score (nSPS) is 10.8. The molecule has 0 aliphatic carbocycles. The minimum absolute atomic E-state index is 0.791. The molecule has 0 unspecified atom stereocenters. The minimum atomic E-state index is 0.791. The van der Waals surface area contributed by atoms with Gasteiger partial charge in [0.2, 0.25) is 5.13 Å². The van der Waals surface area contributed by atoms with Gasteiger partial charge in [-0.25, -0.2) is 4.98 Å². The monoisotopic (exact) mass is 349 g/mol. The molecular formula is C14H15N5S3. The van der Waals surface area contributed by atoms with Crippen molar-refractivity contribution in [2.24, 2.45) is 0 Å². The fourth-order valence-corrected chi connectivity index (χ4v) is 4.30. The number of nitrogens with zero attached hydrogens (tertiary/aromatic N) is 5. The summed E-state index contributed by atoms with van der Waals surface area (Å²) in [5.41, 5.74) is 2.14. The SMILES string of the molecule is CN(C)c1nnc(SCc2csc(Cc3ccccn3)n2)s1. The standard InChI is InChI=1S/C14H15N5S3/c1-19(2)13-17-18-14(22-13)21-9-11-8-20-12(16-11)7-10-5-3-4-6-15-10/h3-6,8H,7,9H2,1-2H3. The van der Waals surface area contributed by atoms with Crippen molar-refractivity contribution in [1.82, 2.24) is 20.2 Å². The van der Waals surface area contributed by atoms with Crippen LogP contribution >= 0.6 is 34.4 Å². The molecule has 3 aromatic heterocycles. The summed E-state index contributed by atoms with van der Waals surface area (Å²) in [7, 11) is 3.94. The Bertz CT molecular complexity index is 723. The lowest BCUT2D eigenvalue weighted by Gasteiger charge is -2.03. The molecule has 0 radical (unpaired) electrons. The Morgan fingerprint density at radius 2 is 2.09 bits per heavy atom.